The maximum absolute atomic E-state index is 13.0. The molecule has 0 radical (unpaired) electrons. The molecule has 1 aromatic carbocycles. The molecular weight excluding hydrogens is 321 g/mol. The first-order valence-electron chi connectivity index (χ1n) is 7.63. The van der Waals surface area contributed by atoms with Crippen LogP contribution >= 0.6 is 0 Å². The third-order valence-electron chi connectivity index (χ3n) is 4.02. The largest absolute Gasteiger partial charge is 0.433 e. The van der Waals surface area contributed by atoms with Crippen LogP contribution in [0.4, 0.5) is 13.2 Å². The van der Waals surface area contributed by atoms with Crippen LogP contribution < -0.4 is 5.73 Å². The summed E-state index contributed by atoms with van der Waals surface area (Å²) in [6, 6.07) is 6.88. The van der Waals surface area contributed by atoms with Crippen LogP contribution in [0.3, 0.4) is 0 Å². The number of halogens is 3. The fraction of sp³-hybridized carbons (Fsp3) is 0.375. The summed E-state index contributed by atoms with van der Waals surface area (Å²) in [7, 11) is 0. The van der Waals surface area contributed by atoms with Gasteiger partial charge in [0.1, 0.15) is 5.69 Å². The Hall–Kier alpha value is -2.35. The summed E-state index contributed by atoms with van der Waals surface area (Å²) in [5, 5.41) is 3.73. The normalized spacial score (nSPS) is 18.7. The van der Waals surface area contributed by atoms with Crippen molar-refractivity contribution in [3.63, 3.8) is 0 Å². The van der Waals surface area contributed by atoms with Crippen molar-refractivity contribution in [3.8, 4) is 5.69 Å². The van der Waals surface area contributed by atoms with E-state index < -0.39 is 11.9 Å². The monoisotopic (exact) mass is 338 g/mol. The average Bonchev–Trinajstić information content (AvgIpc) is 3.04. The lowest BCUT2D eigenvalue weighted by molar-refractivity contribution is -0.142. The smallest absolute Gasteiger partial charge is 0.337 e. The molecule has 1 atom stereocenters. The van der Waals surface area contributed by atoms with Crippen LogP contribution in [-0.4, -0.2) is 39.7 Å². The van der Waals surface area contributed by atoms with Crippen molar-refractivity contribution in [2.45, 2.75) is 25.1 Å². The summed E-state index contributed by atoms with van der Waals surface area (Å²) >= 11 is 0. The lowest BCUT2D eigenvalue weighted by Gasteiger charge is -2.30. The van der Waals surface area contributed by atoms with Crippen molar-refractivity contribution >= 4 is 5.91 Å². The average molecular weight is 338 g/mol. The molecule has 24 heavy (non-hydrogen) atoms. The summed E-state index contributed by atoms with van der Waals surface area (Å²) in [5.74, 6) is -0.229. The zero-order valence-electron chi connectivity index (χ0n) is 12.8. The van der Waals surface area contributed by atoms with Gasteiger partial charge in [0.15, 0.2) is 0 Å². The van der Waals surface area contributed by atoms with E-state index in [2.05, 4.69) is 5.10 Å². The standard InChI is InChI=1S/C16H17F3N4O/c17-16(18,19)14-6-7-21-23(14)13-5-1-3-11(9-13)15(24)22-8-2-4-12(20)10-22/h1,3,5-7,9,12H,2,4,8,10,20H2/t12-/m0/s1. The lowest BCUT2D eigenvalue weighted by atomic mass is 10.1. The van der Waals surface area contributed by atoms with Crippen LogP contribution in [0.5, 0.6) is 0 Å². The maximum atomic E-state index is 13.0. The van der Waals surface area contributed by atoms with Gasteiger partial charge in [0, 0.05) is 24.7 Å². The van der Waals surface area contributed by atoms with E-state index in [1.54, 1.807) is 17.0 Å². The van der Waals surface area contributed by atoms with E-state index in [0.717, 1.165) is 29.8 Å². The van der Waals surface area contributed by atoms with E-state index in [-0.39, 0.29) is 17.6 Å². The number of nitrogens with zero attached hydrogens (tertiary/aromatic N) is 3. The number of rotatable bonds is 2. The Morgan fingerprint density at radius 1 is 1.29 bits per heavy atom. The second kappa shape index (κ2) is 6.27. The minimum Gasteiger partial charge on any atom is -0.337 e. The molecule has 8 heteroatoms. The van der Waals surface area contributed by atoms with Gasteiger partial charge in [0.25, 0.3) is 5.91 Å². The fourth-order valence-corrected chi connectivity index (χ4v) is 2.87. The zero-order valence-corrected chi connectivity index (χ0v) is 12.8. The molecule has 1 amide bonds. The molecule has 0 aliphatic carbocycles. The number of piperidine rings is 1. The molecule has 2 heterocycles. The van der Waals surface area contributed by atoms with Gasteiger partial charge in [-0.2, -0.15) is 18.3 Å². The maximum Gasteiger partial charge on any atom is 0.433 e. The molecule has 0 bridgehead atoms. The number of benzene rings is 1. The zero-order chi connectivity index (χ0) is 17.3. The molecule has 1 saturated heterocycles. The van der Waals surface area contributed by atoms with Gasteiger partial charge in [-0.25, -0.2) is 4.68 Å². The van der Waals surface area contributed by atoms with Gasteiger partial charge in [-0.1, -0.05) is 6.07 Å². The van der Waals surface area contributed by atoms with Crippen molar-refractivity contribution in [2.75, 3.05) is 13.1 Å². The first kappa shape index (κ1) is 16.5. The first-order chi connectivity index (χ1) is 11.4. The highest BCUT2D eigenvalue weighted by atomic mass is 19.4. The van der Waals surface area contributed by atoms with Gasteiger partial charge >= 0.3 is 6.18 Å². The highest BCUT2D eigenvalue weighted by Crippen LogP contribution is 2.30. The summed E-state index contributed by atoms with van der Waals surface area (Å²) in [4.78, 5) is 14.2. The van der Waals surface area contributed by atoms with Gasteiger partial charge in [0.2, 0.25) is 0 Å². The van der Waals surface area contributed by atoms with Crippen LogP contribution in [0, 0.1) is 0 Å². The predicted octanol–water partition coefficient (Wildman–Crippen LogP) is 2.45. The van der Waals surface area contributed by atoms with Crippen LogP contribution in [0.15, 0.2) is 36.5 Å². The van der Waals surface area contributed by atoms with Crippen LogP contribution in [0.1, 0.15) is 28.9 Å². The number of hydrogen-bond donors (Lipinski definition) is 1. The Morgan fingerprint density at radius 3 is 2.79 bits per heavy atom. The fourth-order valence-electron chi connectivity index (χ4n) is 2.87. The van der Waals surface area contributed by atoms with Gasteiger partial charge in [-0.05, 0) is 37.1 Å². The third kappa shape index (κ3) is 3.28. The molecule has 1 fully saturated rings. The van der Waals surface area contributed by atoms with Crippen LogP contribution in [0.25, 0.3) is 5.69 Å². The molecule has 0 unspecified atom stereocenters. The van der Waals surface area contributed by atoms with E-state index in [4.69, 9.17) is 5.73 Å². The summed E-state index contributed by atoms with van der Waals surface area (Å²) in [5.41, 5.74) is 5.52. The second-order valence-corrected chi connectivity index (χ2v) is 5.83. The van der Waals surface area contributed by atoms with E-state index in [1.165, 1.54) is 12.1 Å². The molecule has 1 aromatic heterocycles. The first-order valence-corrected chi connectivity index (χ1v) is 7.63. The Bertz CT molecular complexity index is 741. The molecule has 5 nitrogen and oxygen atoms in total. The van der Waals surface area contributed by atoms with E-state index in [9.17, 15) is 18.0 Å². The topological polar surface area (TPSA) is 64.2 Å². The Labute approximate surface area is 136 Å². The van der Waals surface area contributed by atoms with E-state index in [1.807, 2.05) is 0 Å². The summed E-state index contributed by atoms with van der Waals surface area (Å²) < 4.78 is 39.8. The molecule has 1 aliphatic heterocycles. The number of carbonyl (C=O) groups excluding carboxylic acids is 1. The van der Waals surface area contributed by atoms with E-state index >= 15 is 0 Å². The van der Waals surface area contributed by atoms with Crippen molar-refractivity contribution in [1.82, 2.24) is 14.7 Å². The SMILES string of the molecule is N[C@H]1CCCN(C(=O)c2cccc(-n3nccc3C(F)(F)F)c2)C1. The molecule has 0 saturated carbocycles. The highest BCUT2D eigenvalue weighted by Gasteiger charge is 2.35. The molecule has 0 spiro atoms. The molecule has 1 aliphatic rings. The Kier molecular flexibility index (Phi) is 4.31. The highest BCUT2D eigenvalue weighted by molar-refractivity contribution is 5.94. The number of likely N-dealkylation sites (tertiary alicyclic amines) is 1. The quantitative estimate of drug-likeness (QED) is 0.915. The predicted molar refractivity (Wildman–Crippen MR) is 81.7 cm³/mol. The van der Waals surface area contributed by atoms with Crippen LogP contribution in [-0.2, 0) is 6.18 Å². The molecule has 3 rings (SSSR count). The van der Waals surface area contributed by atoms with Crippen molar-refractivity contribution < 1.29 is 18.0 Å². The molecule has 2 aromatic rings. The lowest BCUT2D eigenvalue weighted by Crippen LogP contribution is -2.45. The molecular formula is C16H17F3N4O. The van der Waals surface area contributed by atoms with Gasteiger partial charge < -0.3 is 10.6 Å². The molecule has 128 valence electrons. The van der Waals surface area contributed by atoms with Crippen molar-refractivity contribution in [2.24, 2.45) is 5.73 Å². The van der Waals surface area contributed by atoms with Crippen LogP contribution in [0.2, 0.25) is 0 Å². The molecule has 2 N–H and O–H groups in total. The minimum absolute atomic E-state index is 0.0613. The summed E-state index contributed by atoms with van der Waals surface area (Å²) in [6.07, 6.45) is -1.74. The summed E-state index contributed by atoms with van der Waals surface area (Å²) in [6.45, 7) is 1.06. The number of amides is 1. The second-order valence-electron chi connectivity index (χ2n) is 5.83. The van der Waals surface area contributed by atoms with E-state index in [0.29, 0.717) is 18.7 Å². The number of alkyl halides is 3. The minimum atomic E-state index is -4.52. The number of aromatic nitrogens is 2. The van der Waals surface area contributed by atoms with Gasteiger partial charge in [-0.15, -0.1) is 0 Å². The van der Waals surface area contributed by atoms with Crippen molar-refractivity contribution in [1.29, 1.82) is 0 Å². The third-order valence-corrected chi connectivity index (χ3v) is 4.02. The van der Waals surface area contributed by atoms with Gasteiger partial charge in [-0.3, -0.25) is 4.79 Å². The van der Waals surface area contributed by atoms with Gasteiger partial charge in [0.05, 0.1) is 11.9 Å². The number of nitrogens with two attached hydrogens (primary N) is 1. The Morgan fingerprint density at radius 2 is 2.08 bits per heavy atom. The Balaban J connectivity index is 1.90. The van der Waals surface area contributed by atoms with Crippen molar-refractivity contribution in [3.05, 3.63) is 47.8 Å². The number of hydrogen-bond acceptors (Lipinski definition) is 3. The number of carbonyl (C=O) groups is 1.